The highest BCUT2D eigenvalue weighted by molar-refractivity contribution is 7.89. The van der Waals surface area contributed by atoms with Crippen LogP contribution >= 0.6 is 0 Å². The number of nitrogen functional groups attached to an aromatic ring is 1. The molecule has 0 saturated carbocycles. The fourth-order valence-corrected chi connectivity index (χ4v) is 3.80. The maximum Gasteiger partial charge on any atom is 0.243 e. The third-order valence-corrected chi connectivity index (χ3v) is 4.96. The molecule has 0 aliphatic heterocycles. The van der Waals surface area contributed by atoms with E-state index in [-0.39, 0.29) is 5.92 Å². The van der Waals surface area contributed by atoms with Crippen LogP contribution in [0.25, 0.3) is 0 Å². The van der Waals surface area contributed by atoms with Crippen LogP contribution in [0.4, 0.5) is 5.69 Å². The first-order valence-corrected chi connectivity index (χ1v) is 8.08. The van der Waals surface area contributed by atoms with Crippen LogP contribution in [-0.2, 0) is 14.8 Å². The lowest BCUT2D eigenvalue weighted by Crippen LogP contribution is -2.37. The zero-order chi connectivity index (χ0) is 15.3. The van der Waals surface area contributed by atoms with Gasteiger partial charge in [0.2, 0.25) is 10.0 Å². The third-order valence-electron chi connectivity index (χ3n) is 2.93. The van der Waals surface area contributed by atoms with E-state index in [0.717, 1.165) is 0 Å². The average molecular weight is 300 g/mol. The number of sulfonamides is 1. The standard InChI is InChI=1S/C14H24N2O3S/c1-11(2)10-16(7-8-19-4)20(17,18)14-6-5-13(15)9-12(14)3/h5-6,9,11H,7-8,10,15H2,1-4H3. The van der Waals surface area contributed by atoms with Gasteiger partial charge >= 0.3 is 0 Å². The second-order valence-electron chi connectivity index (χ2n) is 5.27. The quantitative estimate of drug-likeness (QED) is 0.780. The minimum absolute atomic E-state index is 0.246. The topological polar surface area (TPSA) is 72.6 Å². The first kappa shape index (κ1) is 16.9. The Morgan fingerprint density at radius 2 is 2.00 bits per heavy atom. The van der Waals surface area contributed by atoms with Crippen molar-refractivity contribution in [1.82, 2.24) is 4.31 Å². The summed E-state index contributed by atoms with van der Waals surface area (Å²) in [5, 5.41) is 0. The number of nitrogens with two attached hydrogens (primary N) is 1. The zero-order valence-electron chi connectivity index (χ0n) is 12.6. The fraction of sp³-hybridized carbons (Fsp3) is 0.571. The second-order valence-corrected chi connectivity index (χ2v) is 7.18. The van der Waals surface area contributed by atoms with E-state index in [1.807, 2.05) is 13.8 Å². The molecule has 0 heterocycles. The molecule has 0 amide bonds. The lowest BCUT2D eigenvalue weighted by atomic mass is 10.2. The molecule has 2 N–H and O–H groups in total. The molecular formula is C14H24N2O3S. The van der Waals surface area contributed by atoms with Crippen molar-refractivity contribution in [3.63, 3.8) is 0 Å². The molecule has 0 aliphatic carbocycles. The highest BCUT2D eigenvalue weighted by atomic mass is 32.2. The van der Waals surface area contributed by atoms with Crippen molar-refractivity contribution in [3.05, 3.63) is 23.8 Å². The van der Waals surface area contributed by atoms with Crippen molar-refractivity contribution in [2.45, 2.75) is 25.7 Å². The number of rotatable bonds is 7. The van der Waals surface area contributed by atoms with Crippen LogP contribution in [0.1, 0.15) is 19.4 Å². The summed E-state index contributed by atoms with van der Waals surface area (Å²) >= 11 is 0. The van der Waals surface area contributed by atoms with E-state index in [2.05, 4.69) is 0 Å². The predicted octanol–water partition coefficient (Wildman–Crippen LogP) is 1.87. The Bertz CT molecular complexity index is 541. The summed E-state index contributed by atoms with van der Waals surface area (Å²) in [5.74, 6) is 0.246. The summed E-state index contributed by atoms with van der Waals surface area (Å²) in [4.78, 5) is 0.309. The van der Waals surface area contributed by atoms with Gasteiger partial charge < -0.3 is 10.5 Å². The van der Waals surface area contributed by atoms with E-state index in [1.165, 1.54) is 4.31 Å². The maximum atomic E-state index is 12.7. The molecule has 5 nitrogen and oxygen atoms in total. The number of aryl methyl sites for hydroxylation is 1. The number of hydrogen-bond acceptors (Lipinski definition) is 4. The van der Waals surface area contributed by atoms with Gasteiger partial charge in [-0.25, -0.2) is 8.42 Å². The van der Waals surface area contributed by atoms with Crippen LogP contribution in [0, 0.1) is 12.8 Å². The molecule has 0 aliphatic rings. The molecule has 1 aromatic carbocycles. The number of hydrogen-bond donors (Lipinski definition) is 1. The van der Waals surface area contributed by atoms with Gasteiger partial charge in [-0.05, 0) is 36.6 Å². The summed E-state index contributed by atoms with van der Waals surface area (Å²) in [6.45, 7) is 6.93. The SMILES string of the molecule is COCCN(CC(C)C)S(=O)(=O)c1ccc(N)cc1C. The van der Waals surface area contributed by atoms with Crippen molar-refractivity contribution < 1.29 is 13.2 Å². The Kier molecular flexibility index (Phi) is 5.98. The first-order valence-electron chi connectivity index (χ1n) is 6.64. The van der Waals surface area contributed by atoms with E-state index >= 15 is 0 Å². The third kappa shape index (κ3) is 4.19. The summed E-state index contributed by atoms with van der Waals surface area (Å²) in [6.07, 6.45) is 0. The van der Waals surface area contributed by atoms with Gasteiger partial charge in [-0.15, -0.1) is 0 Å². The van der Waals surface area contributed by atoms with Crippen molar-refractivity contribution in [3.8, 4) is 0 Å². The average Bonchev–Trinajstić information content (AvgIpc) is 2.33. The molecule has 1 rings (SSSR count). The van der Waals surface area contributed by atoms with Crippen molar-refractivity contribution in [2.75, 3.05) is 32.5 Å². The second kappa shape index (κ2) is 7.06. The minimum Gasteiger partial charge on any atom is -0.399 e. The molecule has 0 fully saturated rings. The zero-order valence-corrected chi connectivity index (χ0v) is 13.4. The Hall–Kier alpha value is -1.11. The molecule has 0 spiro atoms. The lowest BCUT2D eigenvalue weighted by molar-refractivity contribution is 0.175. The van der Waals surface area contributed by atoms with Crippen LogP contribution in [0.15, 0.2) is 23.1 Å². The number of benzene rings is 1. The number of anilines is 1. The Labute approximate surface area is 121 Å². The Balaban J connectivity index is 3.14. The van der Waals surface area contributed by atoms with Crippen LogP contribution in [-0.4, -0.2) is 39.5 Å². The van der Waals surface area contributed by atoms with Gasteiger partial charge in [-0.2, -0.15) is 4.31 Å². The van der Waals surface area contributed by atoms with Crippen LogP contribution < -0.4 is 5.73 Å². The summed E-state index contributed by atoms with van der Waals surface area (Å²) in [5.41, 5.74) is 6.91. The van der Waals surface area contributed by atoms with Crippen LogP contribution in [0.5, 0.6) is 0 Å². The normalized spacial score (nSPS) is 12.3. The van der Waals surface area contributed by atoms with Gasteiger partial charge in [0.25, 0.3) is 0 Å². The number of nitrogens with zero attached hydrogens (tertiary/aromatic N) is 1. The molecule has 0 atom stereocenters. The molecule has 0 radical (unpaired) electrons. The van der Waals surface area contributed by atoms with Gasteiger partial charge in [0.05, 0.1) is 11.5 Å². The molecule has 114 valence electrons. The van der Waals surface area contributed by atoms with E-state index in [0.29, 0.717) is 35.8 Å². The van der Waals surface area contributed by atoms with Gasteiger partial charge in [-0.3, -0.25) is 0 Å². The highest BCUT2D eigenvalue weighted by Gasteiger charge is 2.26. The molecule has 1 aromatic rings. The van der Waals surface area contributed by atoms with Crippen LogP contribution in [0.3, 0.4) is 0 Å². The van der Waals surface area contributed by atoms with Crippen molar-refractivity contribution in [2.24, 2.45) is 5.92 Å². The fourth-order valence-electron chi connectivity index (χ4n) is 2.01. The van der Waals surface area contributed by atoms with Crippen molar-refractivity contribution in [1.29, 1.82) is 0 Å². The predicted molar refractivity (Wildman–Crippen MR) is 81.1 cm³/mol. The molecular weight excluding hydrogens is 276 g/mol. The summed E-state index contributed by atoms with van der Waals surface area (Å²) in [6, 6.07) is 4.86. The van der Waals surface area contributed by atoms with E-state index in [9.17, 15) is 8.42 Å². The van der Waals surface area contributed by atoms with Gasteiger partial charge in [0.15, 0.2) is 0 Å². The lowest BCUT2D eigenvalue weighted by Gasteiger charge is -2.24. The molecule has 20 heavy (non-hydrogen) atoms. The van der Waals surface area contributed by atoms with E-state index < -0.39 is 10.0 Å². The van der Waals surface area contributed by atoms with Crippen molar-refractivity contribution >= 4 is 15.7 Å². The Morgan fingerprint density at radius 1 is 1.35 bits per heavy atom. The van der Waals surface area contributed by atoms with Gasteiger partial charge in [0, 0.05) is 25.9 Å². The first-order chi connectivity index (χ1) is 9.28. The smallest absolute Gasteiger partial charge is 0.243 e. The molecule has 0 bridgehead atoms. The van der Waals surface area contributed by atoms with E-state index in [4.69, 9.17) is 10.5 Å². The molecule has 0 saturated heterocycles. The Morgan fingerprint density at radius 3 is 2.50 bits per heavy atom. The molecule has 0 aromatic heterocycles. The largest absolute Gasteiger partial charge is 0.399 e. The van der Waals surface area contributed by atoms with E-state index in [1.54, 1.807) is 32.2 Å². The molecule has 6 heteroatoms. The minimum atomic E-state index is -3.52. The molecule has 0 unspecified atom stereocenters. The monoisotopic (exact) mass is 300 g/mol. The summed E-state index contributed by atoms with van der Waals surface area (Å²) < 4.78 is 32.0. The number of methoxy groups -OCH3 is 1. The van der Waals surface area contributed by atoms with Gasteiger partial charge in [-0.1, -0.05) is 13.8 Å². The van der Waals surface area contributed by atoms with Crippen LogP contribution in [0.2, 0.25) is 0 Å². The summed E-state index contributed by atoms with van der Waals surface area (Å²) in [7, 11) is -1.95. The maximum absolute atomic E-state index is 12.7. The number of ether oxygens (including phenoxy) is 1. The highest BCUT2D eigenvalue weighted by Crippen LogP contribution is 2.22. The van der Waals surface area contributed by atoms with Gasteiger partial charge in [0.1, 0.15) is 0 Å².